The number of nitrogens with one attached hydrogen (secondary N) is 10. The molecule has 12 aromatic heterocycles. The molecule has 1 saturated heterocycles. The maximum absolute atomic E-state index is 12.9. The second-order valence-corrected chi connectivity index (χ2v) is 32.4. The van der Waals surface area contributed by atoms with Gasteiger partial charge in [-0.3, -0.25) is 69.2 Å². The first-order chi connectivity index (χ1) is 63.9. The summed E-state index contributed by atoms with van der Waals surface area (Å²) >= 11 is 0. The Bertz CT molecular complexity index is 6830. The summed E-state index contributed by atoms with van der Waals surface area (Å²) in [4.78, 5) is 122. The highest BCUT2D eigenvalue weighted by atomic mass is 16.5. The van der Waals surface area contributed by atoms with E-state index in [1.165, 1.54) is 16.9 Å². The Kier molecular flexibility index (Phi) is 26.6. The molecule has 0 atom stereocenters. The molecule has 2 aliphatic rings. The zero-order chi connectivity index (χ0) is 92.1. The maximum atomic E-state index is 12.9. The molecule has 13 heterocycles. The fourth-order valence-corrected chi connectivity index (χ4v) is 14.1. The number of benzene rings is 5. The van der Waals surface area contributed by atoms with Gasteiger partial charge in [0.2, 0.25) is 5.91 Å². The summed E-state index contributed by atoms with van der Waals surface area (Å²) in [5.74, 6) is 3.46. The van der Waals surface area contributed by atoms with Crippen LogP contribution in [0.2, 0.25) is 0 Å². The number of carbonyl (C=O) groups excluding carboxylic acids is 6. The minimum atomic E-state index is -0.345. The number of hydrogen-bond donors (Lipinski definition) is 10. The summed E-state index contributed by atoms with van der Waals surface area (Å²) in [6.07, 6.45) is 23.5. The number of pyridine rings is 8. The molecule has 35 heteroatoms. The van der Waals surface area contributed by atoms with Gasteiger partial charge in [-0.1, -0.05) is 42.5 Å². The summed E-state index contributed by atoms with van der Waals surface area (Å²) < 4.78 is 5.91. The summed E-state index contributed by atoms with van der Waals surface area (Å²) in [7, 11) is 18.6. The van der Waals surface area contributed by atoms with E-state index in [0.717, 1.165) is 133 Å². The third-order valence-corrected chi connectivity index (χ3v) is 21.5. The van der Waals surface area contributed by atoms with Crippen molar-refractivity contribution >= 4 is 137 Å². The second kappa shape index (κ2) is 39.7. The van der Waals surface area contributed by atoms with E-state index in [0.29, 0.717) is 67.4 Å². The van der Waals surface area contributed by atoms with Gasteiger partial charge < -0.3 is 61.1 Å². The van der Waals surface area contributed by atoms with Crippen molar-refractivity contribution in [2.75, 3.05) is 135 Å². The zero-order valence-corrected chi connectivity index (χ0v) is 73.9. The fraction of sp³-hybridized carbons (Fsp3) is 0.175. The van der Waals surface area contributed by atoms with E-state index in [2.05, 4.69) is 124 Å². The largest absolute Gasteiger partial charge is 0.456 e. The average Bonchev–Trinajstić information content (AvgIpc) is 1.64. The van der Waals surface area contributed by atoms with Crippen LogP contribution in [-0.2, 0) is 11.3 Å². The van der Waals surface area contributed by atoms with Gasteiger partial charge >= 0.3 is 6.03 Å². The predicted molar refractivity (Wildman–Crippen MR) is 514 cm³/mol. The van der Waals surface area contributed by atoms with Crippen molar-refractivity contribution in [3.63, 3.8) is 0 Å². The molecule has 0 radical (unpaired) electrons. The highest BCUT2D eigenvalue weighted by Gasteiger charge is 2.30. The minimum Gasteiger partial charge on any atom is -0.456 e. The van der Waals surface area contributed by atoms with Gasteiger partial charge in [0.1, 0.15) is 34.8 Å². The van der Waals surface area contributed by atoms with Gasteiger partial charge in [0.15, 0.2) is 22.8 Å². The molecule has 5 aromatic carbocycles. The molecule has 0 bridgehead atoms. The Balaban J connectivity index is 0.000000128. The molecule has 1 aliphatic heterocycles. The zero-order valence-electron chi connectivity index (χ0n) is 73.9. The Morgan fingerprint density at radius 1 is 0.341 bits per heavy atom. The number of hydrogen-bond acceptors (Lipinski definition) is 24. The quantitative estimate of drug-likeness (QED) is 0.0284. The fourth-order valence-electron chi connectivity index (χ4n) is 14.1. The first-order valence-electron chi connectivity index (χ1n) is 42.2. The lowest BCUT2D eigenvalue weighted by Gasteiger charge is -2.30. The van der Waals surface area contributed by atoms with E-state index in [-0.39, 0.29) is 52.9 Å². The SMILES string of the molecule is CN(C)C(=O)Nc1cncc(-c2ccc3[nH]nc(C(=O)Nc4ccc(N(C)C)nc4)c3c2)c1.CN(C)c1ccc(NC(=O)c2n[nH]c3ccc(-c4cncc(CN5CCC5)c4)cc23)cn1.CN(C)c1ccc(NC(=O)c2n[nH]c3ccc(-c4cncc(NC(=O)C5CC5)c4)cc23)cn1.CN(C)c1ccc(NC(=O)c2n[nH]c3ccc(-c4cncc(Oc5ccccc5)c4)cc23)cn1. The van der Waals surface area contributed by atoms with Crippen molar-refractivity contribution in [2.24, 2.45) is 5.92 Å². The van der Waals surface area contributed by atoms with Gasteiger partial charge in [0.25, 0.3) is 23.6 Å². The first kappa shape index (κ1) is 88.2. The molecule has 35 nitrogen and oxygen atoms in total. The number of fused-ring (bicyclic) bond motifs is 4. The van der Waals surface area contributed by atoms with Crippen molar-refractivity contribution in [1.29, 1.82) is 0 Å². The van der Waals surface area contributed by atoms with Crippen LogP contribution in [-0.4, -0.2) is 210 Å². The summed E-state index contributed by atoms with van der Waals surface area (Å²) in [5, 5.41) is 48.6. The molecule has 7 amide bonds. The van der Waals surface area contributed by atoms with Crippen LogP contribution >= 0.6 is 0 Å². The van der Waals surface area contributed by atoms with E-state index in [1.54, 1.807) is 88.2 Å². The predicted octanol–water partition coefficient (Wildman–Crippen LogP) is 15.8. The standard InChI is InChI=1S/C26H22N6O2.C24H23N7O2.C24H25N7O.C23H24N8O2/c1-32(2)24-11-9-19(15-28-24)29-26(33)25-22-13-17(8-10-23(22)30-31-25)18-12-21(16-27-14-18)34-20-6-4-3-5-7-20;1-31(2)21-8-6-17(13-26-21)27-24(33)22-19-10-15(5-7-20(19)29-30-22)16-9-18(12-25-11-16)28-23(32)14-3-4-14;1-30(2)22-7-5-19(14-26-22)27-24(32)23-20-11-17(4-6-21(20)28-29-23)18-10-16(12-25-13-18)15-31-8-3-9-31;1-30(2)20-8-6-16(13-25-20)26-22(32)21-18-10-14(5-7-19(18)28-29-21)15-9-17(12-24-11-15)27-23(33)31(3)4/h3-16H,1-2H3,(H,29,33)(H,30,31);5-14H,3-4H2,1-2H3,(H,27,33)(H,28,32)(H,29,30);4-7,10-14H,3,8-9,15H2,1-2H3,(H,27,32)(H,28,29);5-13H,1-4H3,(H,26,32)(H,27,33)(H,28,29). The van der Waals surface area contributed by atoms with Crippen LogP contribution < -0.4 is 56.2 Å². The number of urea groups is 1. The smallest absolute Gasteiger partial charge is 0.321 e. The van der Waals surface area contributed by atoms with Crippen LogP contribution in [0.25, 0.3) is 88.1 Å². The van der Waals surface area contributed by atoms with Crippen molar-refractivity contribution < 1.29 is 33.5 Å². The number of rotatable bonds is 23. The number of amides is 7. The number of anilines is 10. The summed E-state index contributed by atoms with van der Waals surface area (Å²) in [6, 6.07) is 54.7. The van der Waals surface area contributed by atoms with Gasteiger partial charge in [-0.25, -0.2) is 24.7 Å². The maximum Gasteiger partial charge on any atom is 0.321 e. The van der Waals surface area contributed by atoms with Crippen LogP contribution in [0, 0.1) is 5.92 Å². The van der Waals surface area contributed by atoms with Gasteiger partial charge in [-0.15, -0.1) is 0 Å². The number of aromatic amines is 4. The highest BCUT2D eigenvalue weighted by Crippen LogP contribution is 2.36. The van der Waals surface area contributed by atoms with Crippen LogP contribution in [0.3, 0.4) is 0 Å². The average molecular weight is 1760 g/mol. The molecule has 0 spiro atoms. The van der Waals surface area contributed by atoms with Crippen molar-refractivity contribution in [1.82, 2.24) is 90.5 Å². The van der Waals surface area contributed by atoms with E-state index in [4.69, 9.17) is 4.74 Å². The number of para-hydroxylation sites is 1. The Morgan fingerprint density at radius 3 is 1.02 bits per heavy atom. The Labute approximate surface area is 758 Å². The topological polar surface area (TPSA) is 421 Å². The minimum absolute atomic E-state index is 0.0336. The van der Waals surface area contributed by atoms with Crippen molar-refractivity contribution in [3.8, 4) is 56.0 Å². The van der Waals surface area contributed by atoms with E-state index in [9.17, 15) is 28.8 Å². The van der Waals surface area contributed by atoms with Gasteiger partial charge in [0, 0.05) is 158 Å². The summed E-state index contributed by atoms with van der Waals surface area (Å²) in [6.45, 7) is 3.22. The van der Waals surface area contributed by atoms with E-state index < -0.39 is 0 Å². The van der Waals surface area contributed by atoms with Gasteiger partial charge in [-0.2, -0.15) is 20.4 Å². The number of H-pyrrole nitrogens is 4. The second-order valence-electron chi connectivity index (χ2n) is 32.4. The number of carbonyl (C=O) groups is 6. The number of likely N-dealkylation sites (tertiary alicyclic amines) is 1. The first-order valence-corrected chi connectivity index (χ1v) is 42.2. The number of nitrogens with zero attached hydrogens (tertiary/aromatic N) is 18. The van der Waals surface area contributed by atoms with Gasteiger partial charge in [0.05, 0.1) is 99.6 Å². The Hall–Kier alpha value is -17.2. The van der Waals surface area contributed by atoms with Crippen LogP contribution in [0.4, 0.5) is 62.2 Å². The molecular weight excluding hydrogens is 1670 g/mol. The van der Waals surface area contributed by atoms with Crippen molar-refractivity contribution in [2.45, 2.75) is 25.8 Å². The molecule has 19 rings (SSSR count). The lowest BCUT2D eigenvalue weighted by Crippen LogP contribution is -2.36. The lowest BCUT2D eigenvalue weighted by atomic mass is 10.0. The van der Waals surface area contributed by atoms with Gasteiger partial charge in [-0.05, 0) is 194 Å². The number of ether oxygens (including phenoxy) is 1. The molecule has 664 valence electrons. The monoisotopic (exact) mass is 1760 g/mol. The van der Waals surface area contributed by atoms with Crippen LogP contribution in [0.15, 0.2) is 250 Å². The highest BCUT2D eigenvalue weighted by molar-refractivity contribution is 6.15. The number of aromatic nitrogens is 16. The summed E-state index contributed by atoms with van der Waals surface area (Å²) in [5.41, 5.74) is 16.2. The molecular formula is C97H94N28O7. The molecule has 0 unspecified atom stereocenters. The third kappa shape index (κ3) is 21.5. The normalized spacial score (nSPS) is 12.0. The Morgan fingerprint density at radius 2 is 0.689 bits per heavy atom. The van der Waals surface area contributed by atoms with E-state index >= 15 is 0 Å². The van der Waals surface area contributed by atoms with Crippen LogP contribution in [0.5, 0.6) is 11.5 Å². The van der Waals surface area contributed by atoms with E-state index in [1.807, 2.05) is 246 Å². The molecule has 2 fully saturated rings. The third-order valence-electron chi connectivity index (χ3n) is 21.5. The molecule has 1 saturated carbocycles. The molecule has 10 N–H and O–H groups in total. The lowest BCUT2D eigenvalue weighted by molar-refractivity contribution is -0.117. The molecule has 1 aliphatic carbocycles. The molecule has 17 aromatic rings. The molecule has 132 heavy (non-hydrogen) atoms. The van der Waals surface area contributed by atoms with Crippen molar-refractivity contribution in [3.05, 3.63) is 279 Å². The van der Waals surface area contributed by atoms with Crippen LogP contribution in [0.1, 0.15) is 66.8 Å².